The Kier molecular flexibility index (Phi) is 7.45. The van der Waals surface area contributed by atoms with Gasteiger partial charge in [-0.3, -0.25) is 14.5 Å². The van der Waals surface area contributed by atoms with Crippen LogP contribution in [0.5, 0.6) is 0 Å². The highest BCUT2D eigenvalue weighted by Crippen LogP contribution is 2.20. The molecule has 1 atom stereocenters. The Morgan fingerprint density at radius 1 is 1.24 bits per heavy atom. The standard InChI is InChI=1S/C19H25N3O3/c1-3-10-20-17(23)15-21-11-7-12-22(14-13-21)19(24)18(25-2)16-8-5-4-6-9-16/h1,4-6,8-9,18H,7,10-15H2,2H3,(H,20,23). The van der Waals surface area contributed by atoms with Crippen LogP contribution in [0.4, 0.5) is 0 Å². The van der Waals surface area contributed by atoms with Crippen LogP contribution < -0.4 is 5.32 Å². The van der Waals surface area contributed by atoms with Crippen molar-refractivity contribution in [3.63, 3.8) is 0 Å². The van der Waals surface area contributed by atoms with E-state index in [1.165, 1.54) is 0 Å². The van der Waals surface area contributed by atoms with Crippen LogP contribution in [0, 0.1) is 12.3 Å². The topological polar surface area (TPSA) is 61.9 Å². The summed E-state index contributed by atoms with van der Waals surface area (Å²) in [5.41, 5.74) is 0.852. The number of hydrogen-bond donors (Lipinski definition) is 1. The summed E-state index contributed by atoms with van der Waals surface area (Å²) in [5.74, 6) is 2.27. The fourth-order valence-corrected chi connectivity index (χ4v) is 2.93. The third-order valence-corrected chi connectivity index (χ3v) is 4.22. The van der Waals surface area contributed by atoms with Gasteiger partial charge in [0.1, 0.15) is 0 Å². The van der Waals surface area contributed by atoms with Gasteiger partial charge in [0.2, 0.25) is 5.91 Å². The lowest BCUT2D eigenvalue weighted by Crippen LogP contribution is -2.41. The van der Waals surface area contributed by atoms with Gasteiger partial charge in [0.05, 0.1) is 13.1 Å². The number of benzene rings is 1. The fraction of sp³-hybridized carbons (Fsp3) is 0.474. The largest absolute Gasteiger partial charge is 0.367 e. The van der Waals surface area contributed by atoms with E-state index in [0.717, 1.165) is 18.5 Å². The lowest BCUT2D eigenvalue weighted by atomic mass is 10.1. The van der Waals surface area contributed by atoms with E-state index in [0.29, 0.717) is 26.2 Å². The van der Waals surface area contributed by atoms with E-state index in [-0.39, 0.29) is 18.4 Å². The maximum atomic E-state index is 12.8. The van der Waals surface area contributed by atoms with E-state index < -0.39 is 6.10 Å². The highest BCUT2D eigenvalue weighted by atomic mass is 16.5. The Bertz CT molecular complexity index is 612. The average Bonchev–Trinajstić information content (AvgIpc) is 2.87. The van der Waals surface area contributed by atoms with Gasteiger partial charge >= 0.3 is 0 Å². The molecule has 1 fully saturated rings. The van der Waals surface area contributed by atoms with Gasteiger partial charge in [-0.25, -0.2) is 0 Å². The third kappa shape index (κ3) is 5.59. The highest BCUT2D eigenvalue weighted by Gasteiger charge is 2.27. The zero-order chi connectivity index (χ0) is 18.1. The minimum Gasteiger partial charge on any atom is -0.367 e. The van der Waals surface area contributed by atoms with Crippen molar-refractivity contribution in [1.82, 2.24) is 15.1 Å². The molecule has 1 N–H and O–H groups in total. The first-order valence-electron chi connectivity index (χ1n) is 8.44. The lowest BCUT2D eigenvalue weighted by Gasteiger charge is -2.26. The molecule has 25 heavy (non-hydrogen) atoms. The fourth-order valence-electron chi connectivity index (χ4n) is 2.93. The van der Waals surface area contributed by atoms with E-state index >= 15 is 0 Å². The number of ether oxygens (including phenoxy) is 1. The predicted molar refractivity (Wildman–Crippen MR) is 95.7 cm³/mol. The minimum absolute atomic E-state index is 0.0349. The number of methoxy groups -OCH3 is 1. The lowest BCUT2D eigenvalue weighted by molar-refractivity contribution is -0.142. The summed E-state index contributed by atoms with van der Waals surface area (Å²) in [6.07, 6.45) is 5.37. The van der Waals surface area contributed by atoms with Crippen molar-refractivity contribution in [2.75, 3.05) is 46.4 Å². The van der Waals surface area contributed by atoms with Crippen LogP contribution in [0.25, 0.3) is 0 Å². The van der Waals surface area contributed by atoms with E-state index in [4.69, 9.17) is 11.2 Å². The molecule has 1 aromatic carbocycles. The van der Waals surface area contributed by atoms with E-state index in [1.54, 1.807) is 7.11 Å². The first-order valence-corrected chi connectivity index (χ1v) is 8.44. The van der Waals surface area contributed by atoms with Crippen molar-refractivity contribution in [1.29, 1.82) is 0 Å². The average molecular weight is 343 g/mol. The van der Waals surface area contributed by atoms with Crippen LogP contribution in [0.15, 0.2) is 30.3 Å². The molecule has 0 bridgehead atoms. The maximum absolute atomic E-state index is 12.8. The molecule has 1 aromatic rings. The van der Waals surface area contributed by atoms with Gasteiger partial charge in [-0.05, 0) is 12.0 Å². The molecule has 0 saturated carbocycles. The number of carbonyl (C=O) groups excluding carboxylic acids is 2. The number of nitrogens with one attached hydrogen (secondary N) is 1. The van der Waals surface area contributed by atoms with Crippen LogP contribution >= 0.6 is 0 Å². The van der Waals surface area contributed by atoms with E-state index in [2.05, 4.69) is 11.2 Å². The number of nitrogens with zero attached hydrogens (tertiary/aromatic N) is 2. The predicted octanol–water partition coefficient (Wildman–Crippen LogP) is 0.658. The van der Waals surface area contributed by atoms with Gasteiger partial charge in [0.15, 0.2) is 6.10 Å². The van der Waals surface area contributed by atoms with Gasteiger partial charge < -0.3 is 15.0 Å². The van der Waals surface area contributed by atoms with Crippen molar-refractivity contribution < 1.29 is 14.3 Å². The monoisotopic (exact) mass is 343 g/mol. The van der Waals surface area contributed by atoms with Gasteiger partial charge in [-0.2, -0.15) is 0 Å². The highest BCUT2D eigenvalue weighted by molar-refractivity contribution is 5.82. The van der Waals surface area contributed by atoms with E-state index in [9.17, 15) is 9.59 Å². The quantitative estimate of drug-likeness (QED) is 0.771. The minimum atomic E-state index is -0.591. The molecule has 1 aliphatic rings. The van der Waals surface area contributed by atoms with Crippen molar-refractivity contribution in [3.8, 4) is 12.3 Å². The summed E-state index contributed by atoms with van der Waals surface area (Å²) in [5, 5.41) is 2.67. The van der Waals surface area contributed by atoms with Gasteiger partial charge in [-0.1, -0.05) is 36.3 Å². The van der Waals surface area contributed by atoms with Crippen molar-refractivity contribution in [2.45, 2.75) is 12.5 Å². The second-order valence-electron chi connectivity index (χ2n) is 5.96. The number of terminal acetylenes is 1. The Labute approximate surface area is 149 Å². The molecular weight excluding hydrogens is 318 g/mol. The van der Waals surface area contributed by atoms with Crippen LogP contribution in [0.1, 0.15) is 18.1 Å². The third-order valence-electron chi connectivity index (χ3n) is 4.22. The molecule has 134 valence electrons. The second kappa shape index (κ2) is 9.82. The Hall–Kier alpha value is -2.36. The van der Waals surface area contributed by atoms with Gasteiger partial charge in [0, 0.05) is 33.3 Å². The van der Waals surface area contributed by atoms with Crippen molar-refractivity contribution >= 4 is 11.8 Å². The summed E-state index contributed by atoms with van der Waals surface area (Å²) in [7, 11) is 1.55. The van der Waals surface area contributed by atoms with Crippen LogP contribution in [0.3, 0.4) is 0 Å². The summed E-state index contributed by atoms with van der Waals surface area (Å²) in [4.78, 5) is 28.5. The van der Waals surface area contributed by atoms with Gasteiger partial charge in [-0.15, -0.1) is 6.42 Å². The number of carbonyl (C=O) groups is 2. The molecular formula is C19H25N3O3. The molecule has 0 radical (unpaired) electrons. The molecule has 1 aliphatic heterocycles. The molecule has 6 nitrogen and oxygen atoms in total. The van der Waals surface area contributed by atoms with Crippen LogP contribution in [-0.4, -0.2) is 68.0 Å². The molecule has 2 amide bonds. The molecule has 0 spiro atoms. The number of hydrogen-bond acceptors (Lipinski definition) is 4. The SMILES string of the molecule is C#CCNC(=O)CN1CCCN(C(=O)C(OC)c2ccccc2)CC1. The number of amides is 2. The molecule has 0 aromatic heterocycles. The first kappa shape index (κ1) is 19.0. The van der Waals surface area contributed by atoms with Crippen molar-refractivity contribution in [3.05, 3.63) is 35.9 Å². The Morgan fingerprint density at radius 3 is 2.68 bits per heavy atom. The maximum Gasteiger partial charge on any atom is 0.256 e. The molecule has 2 rings (SSSR count). The van der Waals surface area contributed by atoms with E-state index in [1.807, 2.05) is 40.1 Å². The zero-order valence-electron chi connectivity index (χ0n) is 14.6. The number of rotatable bonds is 6. The summed E-state index contributed by atoms with van der Waals surface area (Å²) in [6, 6.07) is 9.50. The van der Waals surface area contributed by atoms with Crippen molar-refractivity contribution in [2.24, 2.45) is 0 Å². The molecule has 1 unspecified atom stereocenters. The summed E-state index contributed by atoms with van der Waals surface area (Å²) in [6.45, 7) is 3.21. The summed E-state index contributed by atoms with van der Waals surface area (Å²) >= 11 is 0. The second-order valence-corrected chi connectivity index (χ2v) is 5.96. The zero-order valence-corrected chi connectivity index (χ0v) is 14.6. The molecule has 1 saturated heterocycles. The molecule has 0 aliphatic carbocycles. The first-order chi connectivity index (χ1) is 12.2. The molecule has 6 heteroatoms. The van der Waals surface area contributed by atoms with Crippen LogP contribution in [0.2, 0.25) is 0 Å². The Morgan fingerprint density at radius 2 is 2.00 bits per heavy atom. The van der Waals surface area contributed by atoms with Gasteiger partial charge in [0.25, 0.3) is 5.91 Å². The normalized spacial score (nSPS) is 16.6. The van der Waals surface area contributed by atoms with Crippen LogP contribution in [-0.2, 0) is 14.3 Å². The smallest absolute Gasteiger partial charge is 0.256 e. The summed E-state index contributed by atoms with van der Waals surface area (Å²) < 4.78 is 5.44. The Balaban J connectivity index is 1.92. The molecule has 1 heterocycles.